The molecule has 0 saturated heterocycles. The fraction of sp³-hybridized carbons (Fsp3) is 0.533. The van der Waals surface area contributed by atoms with Crippen LogP contribution >= 0.6 is 0 Å². The number of nitrogens with zero attached hydrogens (tertiary/aromatic N) is 1. The Hall–Kier alpha value is -1.22. The SMILES string of the molecule is CCC(C)N(C)CCCC(=O)c1ccc(F)cc1. The minimum Gasteiger partial charge on any atom is -0.304 e. The summed E-state index contributed by atoms with van der Waals surface area (Å²) in [5.41, 5.74) is 0.600. The van der Waals surface area contributed by atoms with Crippen LogP contribution in [-0.2, 0) is 0 Å². The van der Waals surface area contributed by atoms with Crippen LogP contribution < -0.4 is 0 Å². The van der Waals surface area contributed by atoms with Crippen LogP contribution in [0.25, 0.3) is 0 Å². The van der Waals surface area contributed by atoms with E-state index in [0.29, 0.717) is 18.0 Å². The van der Waals surface area contributed by atoms with Gasteiger partial charge in [0.05, 0.1) is 0 Å². The molecular weight excluding hydrogens is 229 g/mol. The fourth-order valence-electron chi connectivity index (χ4n) is 1.80. The first kappa shape index (κ1) is 14.8. The van der Waals surface area contributed by atoms with Gasteiger partial charge in [-0.05, 0) is 57.6 Å². The van der Waals surface area contributed by atoms with Crippen LogP contribution in [0.4, 0.5) is 4.39 Å². The van der Waals surface area contributed by atoms with E-state index in [-0.39, 0.29) is 11.6 Å². The van der Waals surface area contributed by atoms with Crippen molar-refractivity contribution in [2.24, 2.45) is 0 Å². The Morgan fingerprint density at radius 3 is 2.50 bits per heavy atom. The molecule has 18 heavy (non-hydrogen) atoms. The third-order valence-electron chi connectivity index (χ3n) is 3.42. The molecule has 0 radical (unpaired) electrons. The summed E-state index contributed by atoms with van der Waals surface area (Å²) in [6, 6.07) is 6.31. The fourth-order valence-corrected chi connectivity index (χ4v) is 1.80. The Balaban J connectivity index is 2.35. The molecule has 0 aliphatic rings. The van der Waals surface area contributed by atoms with Gasteiger partial charge >= 0.3 is 0 Å². The second kappa shape index (κ2) is 7.27. The number of benzene rings is 1. The average Bonchev–Trinajstić information content (AvgIpc) is 2.38. The van der Waals surface area contributed by atoms with E-state index < -0.39 is 0 Å². The second-order valence-corrected chi connectivity index (χ2v) is 4.77. The standard InChI is InChI=1S/C15H22FNO/c1-4-12(2)17(3)11-5-6-15(18)13-7-9-14(16)10-8-13/h7-10,12H,4-6,11H2,1-3H3. The topological polar surface area (TPSA) is 20.3 Å². The van der Waals surface area contributed by atoms with Crippen LogP contribution in [0.15, 0.2) is 24.3 Å². The third kappa shape index (κ3) is 4.57. The van der Waals surface area contributed by atoms with Crippen molar-refractivity contribution in [3.8, 4) is 0 Å². The van der Waals surface area contributed by atoms with Crippen molar-refractivity contribution in [1.82, 2.24) is 4.90 Å². The van der Waals surface area contributed by atoms with Gasteiger partial charge < -0.3 is 4.90 Å². The van der Waals surface area contributed by atoms with Gasteiger partial charge in [0.25, 0.3) is 0 Å². The molecule has 0 amide bonds. The van der Waals surface area contributed by atoms with Gasteiger partial charge in [0.15, 0.2) is 5.78 Å². The molecule has 0 bridgehead atoms. The number of carbonyl (C=O) groups excluding carboxylic acids is 1. The van der Waals surface area contributed by atoms with Crippen LogP contribution in [0.3, 0.4) is 0 Å². The molecule has 0 aliphatic heterocycles. The molecule has 3 heteroatoms. The predicted octanol–water partition coefficient (Wildman–Crippen LogP) is 3.52. The van der Waals surface area contributed by atoms with Gasteiger partial charge in [0.1, 0.15) is 5.82 Å². The lowest BCUT2D eigenvalue weighted by Crippen LogP contribution is -2.29. The molecule has 0 N–H and O–H groups in total. The van der Waals surface area contributed by atoms with E-state index in [1.165, 1.54) is 12.1 Å². The highest BCUT2D eigenvalue weighted by Crippen LogP contribution is 2.09. The minimum absolute atomic E-state index is 0.0903. The van der Waals surface area contributed by atoms with E-state index in [1.807, 2.05) is 0 Å². The molecule has 0 aliphatic carbocycles. The van der Waals surface area contributed by atoms with E-state index >= 15 is 0 Å². The molecule has 1 atom stereocenters. The molecule has 0 aromatic heterocycles. The van der Waals surface area contributed by atoms with Crippen molar-refractivity contribution in [2.75, 3.05) is 13.6 Å². The molecule has 1 aromatic rings. The average molecular weight is 251 g/mol. The van der Waals surface area contributed by atoms with Crippen molar-refractivity contribution in [3.05, 3.63) is 35.6 Å². The van der Waals surface area contributed by atoms with E-state index in [9.17, 15) is 9.18 Å². The van der Waals surface area contributed by atoms with E-state index in [4.69, 9.17) is 0 Å². The van der Waals surface area contributed by atoms with Crippen molar-refractivity contribution in [1.29, 1.82) is 0 Å². The Morgan fingerprint density at radius 1 is 1.33 bits per heavy atom. The minimum atomic E-state index is -0.303. The van der Waals surface area contributed by atoms with Crippen LogP contribution in [0.2, 0.25) is 0 Å². The van der Waals surface area contributed by atoms with Gasteiger partial charge in [-0.15, -0.1) is 0 Å². The Morgan fingerprint density at radius 2 is 1.94 bits per heavy atom. The summed E-state index contributed by atoms with van der Waals surface area (Å²) in [4.78, 5) is 14.1. The summed E-state index contributed by atoms with van der Waals surface area (Å²) in [6.45, 7) is 5.26. The second-order valence-electron chi connectivity index (χ2n) is 4.77. The number of halogens is 1. The van der Waals surface area contributed by atoms with Gasteiger partial charge in [0.2, 0.25) is 0 Å². The molecule has 100 valence electrons. The highest BCUT2D eigenvalue weighted by atomic mass is 19.1. The highest BCUT2D eigenvalue weighted by Gasteiger charge is 2.09. The largest absolute Gasteiger partial charge is 0.304 e. The van der Waals surface area contributed by atoms with Crippen molar-refractivity contribution in [3.63, 3.8) is 0 Å². The van der Waals surface area contributed by atoms with E-state index in [1.54, 1.807) is 12.1 Å². The van der Waals surface area contributed by atoms with E-state index in [0.717, 1.165) is 19.4 Å². The number of hydrogen-bond acceptors (Lipinski definition) is 2. The van der Waals surface area contributed by atoms with Gasteiger partial charge in [-0.25, -0.2) is 4.39 Å². The molecule has 1 unspecified atom stereocenters. The first-order chi connectivity index (χ1) is 8.54. The third-order valence-corrected chi connectivity index (χ3v) is 3.42. The van der Waals surface area contributed by atoms with Crippen molar-refractivity contribution >= 4 is 5.78 Å². The van der Waals surface area contributed by atoms with Crippen molar-refractivity contribution < 1.29 is 9.18 Å². The number of rotatable bonds is 7. The number of Topliss-reactive ketones (excluding diaryl/α,β-unsaturated/α-hetero) is 1. The van der Waals surface area contributed by atoms with Crippen LogP contribution in [0.1, 0.15) is 43.5 Å². The van der Waals surface area contributed by atoms with E-state index in [2.05, 4.69) is 25.8 Å². The number of hydrogen-bond donors (Lipinski definition) is 0. The summed E-state index contributed by atoms with van der Waals surface area (Å²) >= 11 is 0. The zero-order chi connectivity index (χ0) is 13.5. The Kier molecular flexibility index (Phi) is 5.99. The smallest absolute Gasteiger partial charge is 0.162 e. The Bertz CT molecular complexity index is 375. The van der Waals surface area contributed by atoms with Crippen LogP contribution in [0, 0.1) is 5.82 Å². The molecule has 0 spiro atoms. The molecular formula is C15H22FNO. The summed E-state index contributed by atoms with van der Waals surface area (Å²) < 4.78 is 12.7. The molecule has 1 rings (SSSR count). The zero-order valence-corrected chi connectivity index (χ0v) is 11.4. The van der Waals surface area contributed by atoms with Crippen LogP contribution in [0.5, 0.6) is 0 Å². The number of ketones is 1. The Labute approximate surface area is 109 Å². The highest BCUT2D eigenvalue weighted by molar-refractivity contribution is 5.95. The number of carbonyl (C=O) groups is 1. The predicted molar refractivity (Wildman–Crippen MR) is 72.3 cm³/mol. The molecule has 0 saturated carbocycles. The normalized spacial score (nSPS) is 12.7. The van der Waals surface area contributed by atoms with Crippen molar-refractivity contribution in [2.45, 2.75) is 39.2 Å². The van der Waals surface area contributed by atoms with Gasteiger partial charge in [-0.1, -0.05) is 6.92 Å². The lowest BCUT2D eigenvalue weighted by molar-refractivity contribution is 0.0974. The van der Waals surface area contributed by atoms with Gasteiger partial charge in [0, 0.05) is 18.0 Å². The van der Waals surface area contributed by atoms with Crippen LogP contribution in [-0.4, -0.2) is 30.3 Å². The van der Waals surface area contributed by atoms with Gasteiger partial charge in [-0.3, -0.25) is 4.79 Å². The monoisotopic (exact) mass is 251 g/mol. The molecule has 0 fully saturated rings. The maximum absolute atomic E-state index is 12.7. The molecule has 1 aromatic carbocycles. The lowest BCUT2D eigenvalue weighted by atomic mass is 10.1. The first-order valence-electron chi connectivity index (χ1n) is 6.53. The quantitative estimate of drug-likeness (QED) is 0.691. The van der Waals surface area contributed by atoms with Gasteiger partial charge in [-0.2, -0.15) is 0 Å². The summed E-state index contributed by atoms with van der Waals surface area (Å²) in [5, 5.41) is 0. The maximum atomic E-state index is 12.7. The lowest BCUT2D eigenvalue weighted by Gasteiger charge is -2.23. The zero-order valence-electron chi connectivity index (χ0n) is 11.4. The molecule has 0 heterocycles. The first-order valence-corrected chi connectivity index (χ1v) is 6.53. The maximum Gasteiger partial charge on any atom is 0.162 e. The summed E-state index contributed by atoms with van der Waals surface area (Å²) in [7, 11) is 2.08. The summed E-state index contributed by atoms with van der Waals surface area (Å²) in [5.74, 6) is -0.212. The summed E-state index contributed by atoms with van der Waals surface area (Å²) in [6.07, 6.45) is 2.48. The molecule has 2 nitrogen and oxygen atoms in total.